The molecule has 4 heteroatoms. The highest BCUT2D eigenvalue weighted by atomic mass is 79.9. The summed E-state index contributed by atoms with van der Waals surface area (Å²) in [5, 5.41) is 3.56. The van der Waals surface area contributed by atoms with Gasteiger partial charge in [0.1, 0.15) is 5.82 Å². The van der Waals surface area contributed by atoms with Crippen molar-refractivity contribution in [1.29, 1.82) is 0 Å². The van der Waals surface area contributed by atoms with Gasteiger partial charge in [-0.3, -0.25) is 0 Å². The van der Waals surface area contributed by atoms with Crippen LogP contribution in [-0.4, -0.2) is 30.2 Å². The Morgan fingerprint density at radius 3 is 2.95 bits per heavy atom. The quantitative estimate of drug-likeness (QED) is 0.918. The first-order valence-corrected chi connectivity index (χ1v) is 7.99. The molecule has 1 aliphatic heterocycles. The maximum Gasteiger partial charge on any atom is 0.129 e. The first kappa shape index (κ1) is 14.8. The lowest BCUT2D eigenvalue weighted by atomic mass is 10.0. The van der Waals surface area contributed by atoms with Crippen molar-refractivity contribution < 1.29 is 0 Å². The number of aryl methyl sites for hydroxylation is 1. The van der Waals surface area contributed by atoms with Crippen LogP contribution in [0.2, 0.25) is 0 Å². The third-order valence-electron chi connectivity index (χ3n) is 3.72. The first-order valence-electron chi connectivity index (χ1n) is 7.20. The highest BCUT2D eigenvalue weighted by molar-refractivity contribution is 9.10. The summed E-state index contributed by atoms with van der Waals surface area (Å²) in [5.41, 5.74) is 1.26. The molecule has 1 aromatic rings. The van der Waals surface area contributed by atoms with Crippen molar-refractivity contribution in [3.05, 3.63) is 22.3 Å². The molecule has 1 N–H and O–H groups in total. The van der Waals surface area contributed by atoms with Gasteiger partial charge in [0.25, 0.3) is 0 Å². The van der Waals surface area contributed by atoms with Crippen molar-refractivity contribution in [2.45, 2.75) is 52.1 Å². The van der Waals surface area contributed by atoms with E-state index >= 15 is 0 Å². The monoisotopic (exact) mass is 325 g/mol. The summed E-state index contributed by atoms with van der Waals surface area (Å²) in [6, 6.07) is 3.31. The molecule has 0 saturated carbocycles. The lowest BCUT2D eigenvalue weighted by molar-refractivity contribution is 0.419. The molecule has 3 nitrogen and oxygen atoms in total. The van der Waals surface area contributed by atoms with Crippen LogP contribution in [0.3, 0.4) is 0 Å². The van der Waals surface area contributed by atoms with E-state index in [0.717, 1.165) is 23.4 Å². The van der Waals surface area contributed by atoms with Crippen molar-refractivity contribution in [3.8, 4) is 0 Å². The van der Waals surface area contributed by atoms with Crippen molar-refractivity contribution >= 4 is 21.7 Å². The van der Waals surface area contributed by atoms with Gasteiger partial charge in [-0.1, -0.05) is 13.8 Å². The minimum atomic E-state index is 0.545. The lowest BCUT2D eigenvalue weighted by Crippen LogP contribution is -2.47. The number of hydrogen-bond donors (Lipinski definition) is 1. The predicted octanol–water partition coefficient (Wildman–Crippen LogP) is 3.51. The molecule has 1 aliphatic rings. The van der Waals surface area contributed by atoms with Crippen LogP contribution in [0.5, 0.6) is 0 Å². The summed E-state index contributed by atoms with van der Waals surface area (Å²) in [4.78, 5) is 7.06. The fourth-order valence-electron chi connectivity index (χ4n) is 2.57. The van der Waals surface area contributed by atoms with Gasteiger partial charge in [0.2, 0.25) is 0 Å². The zero-order chi connectivity index (χ0) is 13.8. The fraction of sp³-hybridized carbons (Fsp3) is 0.667. The molecule has 0 radical (unpaired) electrons. The molecule has 0 bridgehead atoms. The molecule has 1 atom stereocenters. The molecule has 19 heavy (non-hydrogen) atoms. The van der Waals surface area contributed by atoms with Crippen molar-refractivity contribution in [1.82, 2.24) is 10.3 Å². The maximum absolute atomic E-state index is 4.59. The molecular formula is C15H24BrN3. The third kappa shape index (κ3) is 3.93. The van der Waals surface area contributed by atoms with Crippen LogP contribution in [0.4, 0.5) is 5.82 Å². The van der Waals surface area contributed by atoms with Gasteiger partial charge in [0.05, 0.1) is 0 Å². The lowest BCUT2D eigenvalue weighted by Gasteiger charge is -2.37. The van der Waals surface area contributed by atoms with Gasteiger partial charge in [0.15, 0.2) is 0 Å². The van der Waals surface area contributed by atoms with E-state index in [2.05, 4.69) is 58.0 Å². The van der Waals surface area contributed by atoms with Crippen LogP contribution < -0.4 is 10.2 Å². The SMILES string of the molecule is Cc1cc(N2CCCCC2CNC(C)C)ncc1Br. The number of rotatable bonds is 4. The Balaban J connectivity index is 2.11. The second-order valence-electron chi connectivity index (χ2n) is 5.70. The molecule has 2 rings (SSSR count). The molecule has 0 spiro atoms. The van der Waals surface area contributed by atoms with Crippen LogP contribution >= 0.6 is 15.9 Å². The number of pyridine rings is 1. The normalized spacial score (nSPS) is 20.1. The average Bonchev–Trinajstić information content (AvgIpc) is 2.40. The topological polar surface area (TPSA) is 28.2 Å². The third-order valence-corrected chi connectivity index (χ3v) is 4.55. The van der Waals surface area contributed by atoms with Gasteiger partial charge in [-0.25, -0.2) is 4.98 Å². The average molecular weight is 326 g/mol. The molecule has 1 unspecified atom stereocenters. The molecule has 1 saturated heterocycles. The van der Waals surface area contributed by atoms with Crippen LogP contribution in [0.15, 0.2) is 16.7 Å². The molecule has 0 amide bonds. The first-order chi connectivity index (χ1) is 9.08. The molecule has 2 heterocycles. The van der Waals surface area contributed by atoms with E-state index < -0.39 is 0 Å². The van der Waals surface area contributed by atoms with Crippen LogP contribution in [0.1, 0.15) is 38.7 Å². The number of hydrogen-bond acceptors (Lipinski definition) is 3. The Morgan fingerprint density at radius 1 is 1.47 bits per heavy atom. The maximum atomic E-state index is 4.59. The minimum Gasteiger partial charge on any atom is -0.352 e. The van der Waals surface area contributed by atoms with E-state index in [9.17, 15) is 0 Å². The van der Waals surface area contributed by atoms with E-state index in [1.165, 1.54) is 24.8 Å². The Labute approximate surface area is 124 Å². The van der Waals surface area contributed by atoms with E-state index in [1.807, 2.05) is 6.20 Å². The van der Waals surface area contributed by atoms with Gasteiger partial charge in [-0.2, -0.15) is 0 Å². The molecule has 0 aliphatic carbocycles. The molecule has 1 fully saturated rings. The van der Waals surface area contributed by atoms with E-state index in [-0.39, 0.29) is 0 Å². The van der Waals surface area contributed by atoms with E-state index in [0.29, 0.717) is 12.1 Å². The number of aromatic nitrogens is 1. The number of nitrogens with one attached hydrogen (secondary N) is 1. The molecule has 0 aromatic carbocycles. The van der Waals surface area contributed by atoms with Gasteiger partial charge in [-0.05, 0) is 53.7 Å². The summed E-state index contributed by atoms with van der Waals surface area (Å²) in [5.74, 6) is 1.12. The second-order valence-corrected chi connectivity index (χ2v) is 6.55. The van der Waals surface area contributed by atoms with Crippen molar-refractivity contribution in [3.63, 3.8) is 0 Å². The molecular weight excluding hydrogens is 302 g/mol. The number of halogens is 1. The van der Waals surface area contributed by atoms with Crippen LogP contribution in [0.25, 0.3) is 0 Å². The molecule has 106 valence electrons. The Kier molecular flexibility index (Phi) is 5.22. The fourth-order valence-corrected chi connectivity index (χ4v) is 2.78. The van der Waals surface area contributed by atoms with Gasteiger partial charge in [0, 0.05) is 35.8 Å². The Hall–Kier alpha value is -0.610. The van der Waals surface area contributed by atoms with Crippen molar-refractivity contribution in [2.75, 3.05) is 18.0 Å². The smallest absolute Gasteiger partial charge is 0.129 e. The predicted molar refractivity (Wildman–Crippen MR) is 84.8 cm³/mol. The number of piperidine rings is 1. The summed E-state index contributed by atoms with van der Waals surface area (Å²) in [7, 11) is 0. The Morgan fingerprint density at radius 2 is 2.26 bits per heavy atom. The largest absolute Gasteiger partial charge is 0.352 e. The summed E-state index contributed by atoms with van der Waals surface area (Å²) in [6.45, 7) is 8.71. The van der Waals surface area contributed by atoms with E-state index in [4.69, 9.17) is 0 Å². The molecule has 1 aromatic heterocycles. The van der Waals surface area contributed by atoms with Gasteiger partial charge in [-0.15, -0.1) is 0 Å². The van der Waals surface area contributed by atoms with Gasteiger partial charge >= 0.3 is 0 Å². The summed E-state index contributed by atoms with van der Waals surface area (Å²) in [6.07, 6.45) is 5.79. The highest BCUT2D eigenvalue weighted by Gasteiger charge is 2.23. The summed E-state index contributed by atoms with van der Waals surface area (Å²) >= 11 is 3.52. The van der Waals surface area contributed by atoms with Crippen molar-refractivity contribution in [2.24, 2.45) is 0 Å². The Bertz CT molecular complexity index is 420. The number of anilines is 1. The highest BCUT2D eigenvalue weighted by Crippen LogP contribution is 2.26. The minimum absolute atomic E-state index is 0.545. The zero-order valence-corrected chi connectivity index (χ0v) is 13.7. The standard InChI is InChI=1S/C15H24BrN3/c1-11(2)17-9-13-6-4-5-7-19(13)15-8-12(3)14(16)10-18-15/h8,10-11,13,17H,4-7,9H2,1-3H3. The van der Waals surface area contributed by atoms with Crippen LogP contribution in [0, 0.1) is 6.92 Å². The number of nitrogens with zero attached hydrogens (tertiary/aromatic N) is 2. The summed E-state index contributed by atoms with van der Waals surface area (Å²) < 4.78 is 1.09. The second kappa shape index (κ2) is 6.71. The van der Waals surface area contributed by atoms with Gasteiger partial charge < -0.3 is 10.2 Å². The zero-order valence-electron chi connectivity index (χ0n) is 12.1. The van der Waals surface area contributed by atoms with Crippen LogP contribution in [-0.2, 0) is 0 Å². The van der Waals surface area contributed by atoms with E-state index in [1.54, 1.807) is 0 Å².